The van der Waals surface area contributed by atoms with Gasteiger partial charge in [-0.15, -0.1) is 11.3 Å². The zero-order valence-corrected chi connectivity index (χ0v) is 13.2. The lowest BCUT2D eigenvalue weighted by atomic mass is 10.1. The van der Waals surface area contributed by atoms with Crippen molar-refractivity contribution in [2.45, 2.75) is 6.92 Å². The van der Waals surface area contributed by atoms with E-state index in [0.29, 0.717) is 11.2 Å². The van der Waals surface area contributed by atoms with Crippen LogP contribution in [0.25, 0.3) is 32.6 Å². The van der Waals surface area contributed by atoms with Crippen LogP contribution < -0.4 is 5.56 Å². The maximum absolute atomic E-state index is 12.1. The fraction of sp³-hybridized carbons (Fsp3) is 0.0556. The summed E-state index contributed by atoms with van der Waals surface area (Å²) in [5.74, 6) is 0.611. The van der Waals surface area contributed by atoms with Gasteiger partial charge < -0.3 is 4.98 Å². The smallest absolute Gasteiger partial charge is 0.259 e. The van der Waals surface area contributed by atoms with Gasteiger partial charge >= 0.3 is 0 Å². The third-order valence-corrected chi connectivity index (χ3v) is 4.56. The number of allylic oxidation sites excluding steroid dienone is 1. The third-order valence-electron chi connectivity index (χ3n) is 3.76. The topological polar surface area (TPSA) is 58.6 Å². The highest BCUT2D eigenvalue weighted by Gasteiger charge is 2.06. The number of rotatable bonds is 2. The van der Waals surface area contributed by atoms with E-state index in [2.05, 4.69) is 21.0 Å². The second-order valence-electron chi connectivity index (χ2n) is 5.36. The summed E-state index contributed by atoms with van der Waals surface area (Å²) < 4.78 is 0. The van der Waals surface area contributed by atoms with Gasteiger partial charge in [-0.1, -0.05) is 12.1 Å². The second kappa shape index (κ2) is 5.44. The van der Waals surface area contributed by atoms with Crippen LogP contribution in [0.15, 0.2) is 52.9 Å². The predicted octanol–water partition coefficient (Wildman–Crippen LogP) is 4.09. The zero-order valence-electron chi connectivity index (χ0n) is 12.4. The molecule has 5 heteroatoms. The molecule has 0 saturated heterocycles. The molecule has 0 radical (unpaired) electrons. The number of nitrogens with zero attached hydrogens (tertiary/aromatic N) is 2. The molecular formula is C18H13N3OS. The molecule has 0 amide bonds. The van der Waals surface area contributed by atoms with Crippen LogP contribution in [0.1, 0.15) is 18.3 Å². The quantitative estimate of drug-likeness (QED) is 0.605. The van der Waals surface area contributed by atoms with E-state index in [-0.39, 0.29) is 5.56 Å². The maximum Gasteiger partial charge on any atom is 0.259 e. The minimum atomic E-state index is -0.0939. The number of hydrogen-bond acceptors (Lipinski definition) is 4. The molecule has 0 aliphatic carbocycles. The van der Waals surface area contributed by atoms with Crippen molar-refractivity contribution >= 4 is 44.0 Å². The first kappa shape index (κ1) is 13.8. The molecule has 112 valence electrons. The summed E-state index contributed by atoms with van der Waals surface area (Å²) in [6.45, 7) is 1.95. The van der Waals surface area contributed by atoms with Crippen LogP contribution in [0.4, 0.5) is 0 Å². The Balaban J connectivity index is 1.80. The lowest BCUT2D eigenvalue weighted by Crippen LogP contribution is -2.09. The van der Waals surface area contributed by atoms with Crippen LogP contribution in [0.2, 0.25) is 0 Å². The van der Waals surface area contributed by atoms with Crippen molar-refractivity contribution < 1.29 is 0 Å². The van der Waals surface area contributed by atoms with Crippen LogP contribution in [0.5, 0.6) is 0 Å². The minimum absolute atomic E-state index is 0.0939. The highest BCUT2D eigenvalue weighted by atomic mass is 32.1. The molecule has 3 aromatic heterocycles. The van der Waals surface area contributed by atoms with Gasteiger partial charge in [0, 0.05) is 17.8 Å². The summed E-state index contributed by atoms with van der Waals surface area (Å²) in [5, 5.41) is 4.77. The first-order valence-electron chi connectivity index (χ1n) is 7.21. The molecular weight excluding hydrogens is 306 g/mol. The fourth-order valence-corrected chi connectivity index (χ4v) is 3.33. The number of aromatic amines is 1. The van der Waals surface area contributed by atoms with Crippen molar-refractivity contribution in [1.82, 2.24) is 15.0 Å². The fourth-order valence-electron chi connectivity index (χ4n) is 2.56. The Kier molecular flexibility index (Phi) is 3.28. The summed E-state index contributed by atoms with van der Waals surface area (Å²) in [5.41, 5.74) is 1.89. The molecule has 4 nitrogen and oxygen atoms in total. The molecule has 4 rings (SSSR count). The lowest BCUT2D eigenvalue weighted by Gasteiger charge is -2.03. The van der Waals surface area contributed by atoms with Gasteiger partial charge in [0.1, 0.15) is 10.7 Å². The third kappa shape index (κ3) is 2.55. The lowest BCUT2D eigenvalue weighted by molar-refractivity contribution is 1.13. The van der Waals surface area contributed by atoms with Gasteiger partial charge in [0.15, 0.2) is 0 Å². The summed E-state index contributed by atoms with van der Waals surface area (Å²) in [4.78, 5) is 24.3. The van der Waals surface area contributed by atoms with E-state index in [1.165, 1.54) is 11.3 Å². The molecule has 0 aliphatic heterocycles. The van der Waals surface area contributed by atoms with Gasteiger partial charge in [-0.2, -0.15) is 0 Å². The summed E-state index contributed by atoms with van der Waals surface area (Å²) in [7, 11) is 0. The van der Waals surface area contributed by atoms with E-state index in [9.17, 15) is 4.79 Å². The van der Waals surface area contributed by atoms with E-state index in [1.54, 1.807) is 12.3 Å². The molecule has 0 saturated carbocycles. The SMILES string of the molecule is C/C(=C/c1ccc2cnccc2c1)c1nc2sccc2c(=O)[nH]1. The summed E-state index contributed by atoms with van der Waals surface area (Å²) in [6, 6.07) is 9.96. The predicted molar refractivity (Wildman–Crippen MR) is 95.5 cm³/mol. The molecule has 1 aromatic carbocycles. The molecule has 0 spiro atoms. The Morgan fingerprint density at radius 2 is 2.13 bits per heavy atom. The molecule has 0 bridgehead atoms. The maximum atomic E-state index is 12.1. The van der Waals surface area contributed by atoms with Crippen LogP contribution >= 0.6 is 11.3 Å². The van der Waals surface area contributed by atoms with Crippen molar-refractivity contribution in [1.29, 1.82) is 0 Å². The number of hydrogen-bond donors (Lipinski definition) is 1. The standard InChI is InChI=1S/C18H13N3OS/c1-11(16-20-17(22)15-5-7-23-18(15)21-16)8-12-2-3-14-10-19-6-4-13(14)9-12/h2-10H,1H3,(H,20,21,22)/b11-8-. The largest absolute Gasteiger partial charge is 0.306 e. The minimum Gasteiger partial charge on any atom is -0.306 e. The molecule has 23 heavy (non-hydrogen) atoms. The van der Waals surface area contributed by atoms with Crippen molar-refractivity contribution in [2.75, 3.05) is 0 Å². The number of pyridine rings is 1. The monoisotopic (exact) mass is 319 g/mol. The number of fused-ring (bicyclic) bond motifs is 2. The summed E-state index contributed by atoms with van der Waals surface area (Å²) in [6.07, 6.45) is 5.66. The highest BCUT2D eigenvalue weighted by Crippen LogP contribution is 2.21. The van der Waals surface area contributed by atoms with E-state index in [1.807, 2.05) is 42.8 Å². The van der Waals surface area contributed by atoms with Gasteiger partial charge in [-0.05, 0) is 53.1 Å². The average Bonchev–Trinajstić information content (AvgIpc) is 3.04. The van der Waals surface area contributed by atoms with Gasteiger partial charge in [0.05, 0.1) is 5.39 Å². The molecule has 0 fully saturated rings. The number of aromatic nitrogens is 3. The molecule has 1 N–H and O–H groups in total. The van der Waals surface area contributed by atoms with Crippen molar-refractivity contribution in [3.63, 3.8) is 0 Å². The first-order chi connectivity index (χ1) is 11.2. The van der Waals surface area contributed by atoms with Gasteiger partial charge in [-0.3, -0.25) is 9.78 Å². The molecule has 3 heterocycles. The van der Waals surface area contributed by atoms with Crippen molar-refractivity contribution in [2.24, 2.45) is 0 Å². The average molecular weight is 319 g/mol. The van der Waals surface area contributed by atoms with E-state index in [0.717, 1.165) is 26.7 Å². The zero-order chi connectivity index (χ0) is 15.8. The van der Waals surface area contributed by atoms with Crippen molar-refractivity contribution in [3.8, 4) is 0 Å². The molecule has 4 aromatic rings. The van der Waals surface area contributed by atoms with Crippen LogP contribution in [-0.2, 0) is 0 Å². The summed E-state index contributed by atoms with van der Waals surface area (Å²) >= 11 is 1.48. The van der Waals surface area contributed by atoms with E-state index < -0.39 is 0 Å². The normalized spacial score (nSPS) is 12.1. The first-order valence-corrected chi connectivity index (χ1v) is 8.09. The van der Waals surface area contributed by atoms with E-state index in [4.69, 9.17) is 0 Å². The van der Waals surface area contributed by atoms with Gasteiger partial charge in [0.2, 0.25) is 0 Å². The Hall–Kier alpha value is -2.79. The molecule has 0 aliphatic rings. The van der Waals surface area contributed by atoms with E-state index >= 15 is 0 Å². The van der Waals surface area contributed by atoms with Crippen LogP contribution in [-0.4, -0.2) is 15.0 Å². The Morgan fingerprint density at radius 3 is 3.04 bits per heavy atom. The van der Waals surface area contributed by atoms with Gasteiger partial charge in [-0.25, -0.2) is 4.98 Å². The molecule has 0 atom stereocenters. The number of H-pyrrole nitrogens is 1. The number of benzene rings is 1. The highest BCUT2D eigenvalue weighted by molar-refractivity contribution is 7.16. The second-order valence-corrected chi connectivity index (χ2v) is 6.26. The number of nitrogens with one attached hydrogen (secondary N) is 1. The Morgan fingerprint density at radius 1 is 1.22 bits per heavy atom. The van der Waals surface area contributed by atoms with Crippen molar-refractivity contribution in [3.05, 3.63) is 69.8 Å². The van der Waals surface area contributed by atoms with Crippen LogP contribution in [0, 0.1) is 0 Å². The number of thiophene rings is 1. The molecule has 0 unspecified atom stereocenters. The Bertz CT molecular complexity index is 1110. The van der Waals surface area contributed by atoms with Crippen LogP contribution in [0.3, 0.4) is 0 Å². The van der Waals surface area contributed by atoms with Gasteiger partial charge in [0.25, 0.3) is 5.56 Å². The Labute approximate surface area is 136 Å².